The van der Waals surface area contributed by atoms with Crippen LogP contribution in [0.1, 0.15) is 14.9 Å². The van der Waals surface area contributed by atoms with Gasteiger partial charge in [-0.3, -0.25) is 0 Å². The van der Waals surface area contributed by atoms with E-state index in [1.54, 1.807) is 14.2 Å². The number of hydrogen-bond donors (Lipinski definition) is 0. The van der Waals surface area contributed by atoms with Crippen molar-refractivity contribution in [2.75, 3.05) is 14.2 Å². The van der Waals surface area contributed by atoms with Crippen LogP contribution in [0.3, 0.4) is 0 Å². The molecule has 0 saturated carbocycles. The van der Waals surface area contributed by atoms with Gasteiger partial charge in [0.05, 0.1) is 0 Å². The van der Waals surface area contributed by atoms with Gasteiger partial charge in [0.15, 0.2) is 0 Å². The first-order chi connectivity index (χ1) is 4.83. The molecule has 0 aliphatic rings. The molecule has 84 valence electrons. The third kappa shape index (κ3) is 8.64. The van der Waals surface area contributed by atoms with Crippen LogP contribution in [0.4, 0.5) is 0 Å². The second-order valence-electron chi connectivity index (χ2n) is 3.31. The fourth-order valence-electron chi connectivity index (χ4n) is 0.675. The molecule has 13 heavy (non-hydrogen) atoms. The Hall–Kier alpha value is 0.314. The van der Waals surface area contributed by atoms with Gasteiger partial charge in [0.2, 0.25) is 0 Å². The Bertz CT molecular complexity index is 113. The van der Waals surface area contributed by atoms with Crippen molar-refractivity contribution in [2.45, 2.75) is 41.0 Å². The number of rotatable bonds is 4. The van der Waals surface area contributed by atoms with E-state index in [1.807, 2.05) is 26.2 Å². The lowest BCUT2D eigenvalue weighted by molar-refractivity contribution is 0.251. The number of hydrogen-bond acceptors (Lipinski definition) is 3. The van der Waals surface area contributed by atoms with Crippen molar-refractivity contribution in [1.29, 1.82) is 0 Å². The molecule has 5 heteroatoms. The van der Waals surface area contributed by atoms with Gasteiger partial charge in [-0.05, 0) is 26.2 Å². The van der Waals surface area contributed by atoms with E-state index in [2.05, 4.69) is 0 Å². The smallest absolute Gasteiger partial charge is 0.322 e. The van der Waals surface area contributed by atoms with E-state index >= 15 is 0 Å². The molecule has 0 rings (SSSR count). The van der Waals surface area contributed by atoms with Crippen LogP contribution in [-0.4, -0.2) is 31.3 Å². The van der Waals surface area contributed by atoms with Gasteiger partial charge in [-0.15, -0.1) is 0 Å². The van der Waals surface area contributed by atoms with E-state index in [9.17, 15) is 0 Å². The lowest BCUT2D eigenvalue weighted by Gasteiger charge is -2.30. The van der Waals surface area contributed by atoms with Gasteiger partial charge < -0.3 is 13.0 Å². The summed E-state index contributed by atoms with van der Waals surface area (Å²) in [6.07, 6.45) is 0. The average molecular weight is 226 g/mol. The molecule has 0 spiro atoms. The molecule has 0 saturated heterocycles. The van der Waals surface area contributed by atoms with Crippen LogP contribution in [0.2, 0.25) is 26.2 Å². The topological polar surface area (TPSA) is 27.7 Å². The Morgan fingerprint density at radius 1 is 0.692 bits per heavy atom. The van der Waals surface area contributed by atoms with E-state index < -0.39 is 17.1 Å². The Kier molecular flexibility index (Phi) is 9.81. The highest BCUT2D eigenvalue weighted by molar-refractivity contribution is 6.78. The fraction of sp³-hybridized carbons (Fsp3) is 1.00. The zero-order valence-corrected chi connectivity index (χ0v) is 10.2. The maximum Gasteiger partial charge on any atom is 0.322 e. The lowest BCUT2D eigenvalue weighted by Crippen LogP contribution is -2.47. The first-order valence-electron chi connectivity index (χ1n) is 3.63. The minimum Gasteiger partial charge on any atom is -0.415 e. The van der Waals surface area contributed by atoms with Gasteiger partial charge in [0, 0.05) is 14.2 Å². The van der Waals surface area contributed by atoms with Gasteiger partial charge >= 0.3 is 17.1 Å². The maximum atomic E-state index is 5.76. The molecular formula is C8H26O3Si2. The molecule has 0 aromatic rings. The third-order valence-corrected chi connectivity index (χ3v) is 7.37. The summed E-state index contributed by atoms with van der Waals surface area (Å²) in [5, 5.41) is 0. The molecule has 0 heterocycles. The predicted molar refractivity (Wildman–Crippen MR) is 63.5 cm³/mol. The van der Waals surface area contributed by atoms with Crippen LogP contribution >= 0.6 is 0 Å². The molecule has 0 aromatic heterocycles. The van der Waals surface area contributed by atoms with Gasteiger partial charge in [0.1, 0.15) is 0 Å². The first kappa shape index (κ1) is 19.0. The zero-order chi connectivity index (χ0) is 9.12. The SMILES string of the molecule is C.C.CO[Si](C)(C)O[Si](C)(C)OC. The highest BCUT2D eigenvalue weighted by atomic mass is 28.5. The average Bonchev–Trinajstić information content (AvgIpc) is 1.86. The van der Waals surface area contributed by atoms with Crippen molar-refractivity contribution in [3.05, 3.63) is 0 Å². The third-order valence-electron chi connectivity index (χ3n) is 1.47. The molecule has 3 nitrogen and oxygen atoms in total. The van der Waals surface area contributed by atoms with Crippen LogP contribution in [0.5, 0.6) is 0 Å². The Morgan fingerprint density at radius 2 is 0.923 bits per heavy atom. The predicted octanol–water partition coefficient (Wildman–Crippen LogP) is 2.97. The van der Waals surface area contributed by atoms with Crippen molar-refractivity contribution in [3.63, 3.8) is 0 Å². The second-order valence-corrected chi connectivity index (χ2v) is 10.5. The van der Waals surface area contributed by atoms with Crippen LogP contribution in [0, 0.1) is 0 Å². The van der Waals surface area contributed by atoms with E-state index in [1.165, 1.54) is 0 Å². The van der Waals surface area contributed by atoms with Crippen molar-refractivity contribution in [1.82, 2.24) is 0 Å². The van der Waals surface area contributed by atoms with E-state index in [-0.39, 0.29) is 14.9 Å². The summed E-state index contributed by atoms with van der Waals surface area (Å²) in [6, 6.07) is 0. The van der Waals surface area contributed by atoms with E-state index in [0.717, 1.165) is 0 Å². The van der Waals surface area contributed by atoms with Crippen LogP contribution in [-0.2, 0) is 13.0 Å². The largest absolute Gasteiger partial charge is 0.415 e. The molecule has 0 N–H and O–H groups in total. The highest BCUT2D eigenvalue weighted by Crippen LogP contribution is 2.14. The normalized spacial score (nSPS) is 11.5. The summed E-state index contributed by atoms with van der Waals surface area (Å²) in [7, 11) is -0.420. The molecule has 0 bridgehead atoms. The molecule has 0 aliphatic heterocycles. The fourth-order valence-corrected chi connectivity index (χ4v) is 6.08. The van der Waals surface area contributed by atoms with Gasteiger partial charge in [-0.2, -0.15) is 0 Å². The van der Waals surface area contributed by atoms with Crippen molar-refractivity contribution < 1.29 is 13.0 Å². The molecule has 0 fully saturated rings. The van der Waals surface area contributed by atoms with Crippen molar-refractivity contribution >= 4 is 17.1 Å². The minimum absolute atomic E-state index is 0. The minimum atomic E-state index is -1.90. The van der Waals surface area contributed by atoms with Gasteiger partial charge in [-0.1, -0.05) is 14.9 Å². The first-order valence-corrected chi connectivity index (χ1v) is 9.27. The maximum absolute atomic E-state index is 5.76. The Balaban J connectivity index is -0.000000500. The quantitative estimate of drug-likeness (QED) is 0.690. The summed E-state index contributed by atoms with van der Waals surface area (Å²) in [6.45, 7) is 8.06. The summed E-state index contributed by atoms with van der Waals surface area (Å²) < 4.78 is 16.3. The summed E-state index contributed by atoms with van der Waals surface area (Å²) in [5.41, 5.74) is 0. The molecule has 0 atom stereocenters. The van der Waals surface area contributed by atoms with Crippen LogP contribution < -0.4 is 0 Å². The summed E-state index contributed by atoms with van der Waals surface area (Å²) in [4.78, 5) is 0. The van der Waals surface area contributed by atoms with Crippen LogP contribution in [0.15, 0.2) is 0 Å². The zero-order valence-electron chi connectivity index (χ0n) is 8.22. The van der Waals surface area contributed by atoms with Crippen molar-refractivity contribution in [3.8, 4) is 0 Å². The second kappa shape index (κ2) is 6.72. The summed E-state index contributed by atoms with van der Waals surface area (Å²) in [5.74, 6) is 0. The molecule has 0 amide bonds. The Morgan fingerprint density at radius 3 is 1.08 bits per heavy atom. The lowest BCUT2D eigenvalue weighted by atomic mass is 11.8. The monoisotopic (exact) mass is 226 g/mol. The standard InChI is InChI=1S/C6H18O3Si2.2CH4/c1-7-10(3,4)9-11(5,6)8-2;;/h1-6H3;2*1H4. The molecule has 0 radical (unpaired) electrons. The molecule has 0 aliphatic carbocycles. The van der Waals surface area contributed by atoms with Crippen molar-refractivity contribution in [2.24, 2.45) is 0 Å². The van der Waals surface area contributed by atoms with Crippen LogP contribution in [0.25, 0.3) is 0 Å². The van der Waals surface area contributed by atoms with E-state index in [0.29, 0.717) is 0 Å². The summed E-state index contributed by atoms with van der Waals surface area (Å²) >= 11 is 0. The molecule has 0 aromatic carbocycles. The Labute approximate surface area is 85.9 Å². The molecular weight excluding hydrogens is 200 g/mol. The van der Waals surface area contributed by atoms with Gasteiger partial charge in [0.25, 0.3) is 0 Å². The highest BCUT2D eigenvalue weighted by Gasteiger charge is 2.34. The molecule has 0 unspecified atom stereocenters. The van der Waals surface area contributed by atoms with E-state index in [4.69, 9.17) is 13.0 Å². The van der Waals surface area contributed by atoms with Gasteiger partial charge in [-0.25, -0.2) is 0 Å².